The summed E-state index contributed by atoms with van der Waals surface area (Å²) in [6.07, 6.45) is 1.33. The Morgan fingerprint density at radius 2 is 2.00 bits per heavy atom. The van der Waals surface area contributed by atoms with Crippen molar-refractivity contribution in [1.29, 1.82) is 0 Å². The van der Waals surface area contributed by atoms with Gasteiger partial charge in [-0.05, 0) is 17.7 Å². The highest BCUT2D eigenvalue weighted by molar-refractivity contribution is 5.75. The number of aliphatic imine (C=N–C) groups is 1. The molecule has 0 radical (unpaired) electrons. The molecule has 0 spiro atoms. The summed E-state index contributed by atoms with van der Waals surface area (Å²) in [5.41, 5.74) is 0.680. The Morgan fingerprint density at radius 3 is 2.47 bits per heavy atom. The molecule has 0 aliphatic heterocycles. The number of nitrogens with zero attached hydrogens (tertiary/aromatic N) is 1. The van der Waals surface area contributed by atoms with Crippen LogP contribution >= 0.6 is 0 Å². The Hall–Kier alpha value is -2.13. The summed E-state index contributed by atoms with van der Waals surface area (Å²) in [6, 6.07) is 4.92. The standard InChI is InChI=1S/C10H9NO4/c12-6-11-9(10(14)15)5-7-1-3-8(13)4-2-7/h1-4,9,13H,5H2,(H,14,15). The van der Waals surface area contributed by atoms with Gasteiger partial charge >= 0.3 is 5.97 Å². The predicted octanol–water partition coefficient (Wildman–Crippen LogP) is 0.724. The number of carboxylic acids is 1. The lowest BCUT2D eigenvalue weighted by Gasteiger charge is -2.05. The Bertz CT molecular complexity index is 390. The highest BCUT2D eigenvalue weighted by atomic mass is 16.4. The Morgan fingerprint density at radius 1 is 1.40 bits per heavy atom. The maximum absolute atomic E-state index is 10.6. The molecule has 78 valence electrons. The second kappa shape index (κ2) is 4.93. The summed E-state index contributed by atoms with van der Waals surface area (Å²) in [5, 5.41) is 17.7. The summed E-state index contributed by atoms with van der Waals surface area (Å²) in [6.45, 7) is 0. The molecule has 0 saturated heterocycles. The average molecular weight is 207 g/mol. The number of hydrogen-bond acceptors (Lipinski definition) is 4. The van der Waals surface area contributed by atoms with E-state index in [0.717, 1.165) is 0 Å². The number of carbonyl (C=O) groups excluding carboxylic acids is 1. The van der Waals surface area contributed by atoms with E-state index in [-0.39, 0.29) is 12.2 Å². The molecule has 0 aliphatic carbocycles. The number of aliphatic carboxylic acids is 1. The number of rotatable bonds is 4. The summed E-state index contributed by atoms with van der Waals surface area (Å²) >= 11 is 0. The molecule has 0 heterocycles. The van der Waals surface area contributed by atoms with E-state index in [4.69, 9.17) is 10.2 Å². The lowest BCUT2D eigenvalue weighted by Crippen LogP contribution is -2.20. The second-order valence-electron chi connectivity index (χ2n) is 2.94. The molecular weight excluding hydrogens is 198 g/mol. The molecule has 1 aromatic carbocycles. The molecule has 0 amide bonds. The molecule has 0 fully saturated rings. The zero-order valence-corrected chi connectivity index (χ0v) is 7.75. The predicted molar refractivity (Wildman–Crippen MR) is 51.4 cm³/mol. The fraction of sp³-hybridized carbons (Fsp3) is 0.200. The topological polar surface area (TPSA) is 87.0 Å². The molecule has 1 unspecified atom stereocenters. The quantitative estimate of drug-likeness (QED) is 0.562. The number of carbonyl (C=O) groups is 1. The average Bonchev–Trinajstić information content (AvgIpc) is 2.20. The third-order valence-corrected chi connectivity index (χ3v) is 1.86. The largest absolute Gasteiger partial charge is 0.508 e. The lowest BCUT2D eigenvalue weighted by molar-refractivity contribution is -0.138. The minimum Gasteiger partial charge on any atom is -0.508 e. The van der Waals surface area contributed by atoms with E-state index in [2.05, 4.69) is 4.99 Å². The maximum Gasteiger partial charge on any atom is 0.329 e. The summed E-state index contributed by atoms with van der Waals surface area (Å²) in [4.78, 5) is 23.8. The van der Waals surface area contributed by atoms with E-state index in [9.17, 15) is 9.59 Å². The van der Waals surface area contributed by atoms with E-state index < -0.39 is 12.0 Å². The maximum atomic E-state index is 10.6. The third-order valence-electron chi connectivity index (χ3n) is 1.86. The van der Waals surface area contributed by atoms with Crippen LogP contribution < -0.4 is 0 Å². The zero-order valence-electron chi connectivity index (χ0n) is 7.75. The number of phenols is 1. The van der Waals surface area contributed by atoms with Crippen molar-refractivity contribution >= 4 is 12.0 Å². The number of benzene rings is 1. The van der Waals surface area contributed by atoms with Gasteiger partial charge in [0.2, 0.25) is 6.08 Å². The van der Waals surface area contributed by atoms with Gasteiger partial charge in [-0.1, -0.05) is 12.1 Å². The summed E-state index contributed by atoms with van der Waals surface area (Å²) in [7, 11) is 0. The molecule has 1 rings (SSSR count). The summed E-state index contributed by atoms with van der Waals surface area (Å²) in [5.74, 6) is -1.07. The van der Waals surface area contributed by atoms with E-state index >= 15 is 0 Å². The van der Waals surface area contributed by atoms with Crippen LogP contribution in [0.5, 0.6) is 5.75 Å². The highest BCUT2D eigenvalue weighted by Gasteiger charge is 2.16. The summed E-state index contributed by atoms with van der Waals surface area (Å²) < 4.78 is 0. The molecule has 1 aromatic rings. The Balaban J connectivity index is 2.78. The van der Waals surface area contributed by atoms with Gasteiger partial charge in [0, 0.05) is 6.42 Å². The zero-order chi connectivity index (χ0) is 11.3. The van der Waals surface area contributed by atoms with E-state index in [1.165, 1.54) is 18.2 Å². The van der Waals surface area contributed by atoms with Crippen LogP contribution in [-0.4, -0.2) is 28.3 Å². The van der Waals surface area contributed by atoms with E-state index in [1.54, 1.807) is 12.1 Å². The van der Waals surface area contributed by atoms with Crippen LogP contribution in [0.2, 0.25) is 0 Å². The number of isocyanates is 1. The van der Waals surface area contributed by atoms with Crippen LogP contribution in [0.4, 0.5) is 0 Å². The fourth-order valence-corrected chi connectivity index (χ4v) is 1.11. The monoisotopic (exact) mass is 207 g/mol. The van der Waals surface area contributed by atoms with Crippen LogP contribution in [0.1, 0.15) is 5.56 Å². The highest BCUT2D eigenvalue weighted by Crippen LogP contribution is 2.12. The van der Waals surface area contributed by atoms with Crippen LogP contribution in [0.3, 0.4) is 0 Å². The molecule has 1 atom stereocenters. The number of aromatic hydroxyl groups is 1. The molecule has 0 bridgehead atoms. The minimum absolute atomic E-state index is 0.101. The number of carboxylic acid groups (broad SMARTS) is 1. The van der Waals surface area contributed by atoms with Crippen LogP contribution in [0, 0.1) is 0 Å². The first-order chi connectivity index (χ1) is 7.13. The molecular formula is C10H9NO4. The van der Waals surface area contributed by atoms with E-state index in [0.29, 0.717) is 5.56 Å². The van der Waals surface area contributed by atoms with Gasteiger partial charge in [0.05, 0.1) is 0 Å². The van der Waals surface area contributed by atoms with Gasteiger partial charge in [0.1, 0.15) is 5.75 Å². The minimum atomic E-state index is -1.17. The van der Waals surface area contributed by atoms with Gasteiger partial charge in [-0.2, -0.15) is 4.99 Å². The van der Waals surface area contributed by atoms with Crippen molar-refractivity contribution in [2.45, 2.75) is 12.5 Å². The van der Waals surface area contributed by atoms with E-state index in [1.807, 2.05) is 0 Å². The van der Waals surface area contributed by atoms with Crippen molar-refractivity contribution in [3.8, 4) is 5.75 Å². The molecule has 5 nitrogen and oxygen atoms in total. The number of hydrogen-bond donors (Lipinski definition) is 2. The van der Waals surface area contributed by atoms with Crippen LogP contribution in [0.25, 0.3) is 0 Å². The van der Waals surface area contributed by atoms with Crippen molar-refractivity contribution in [3.05, 3.63) is 29.8 Å². The smallest absolute Gasteiger partial charge is 0.329 e. The van der Waals surface area contributed by atoms with Gasteiger partial charge in [0.25, 0.3) is 0 Å². The Kier molecular flexibility index (Phi) is 3.60. The molecule has 2 N–H and O–H groups in total. The van der Waals surface area contributed by atoms with Gasteiger partial charge < -0.3 is 10.2 Å². The first kappa shape index (κ1) is 10.9. The molecule has 0 saturated carbocycles. The van der Waals surface area contributed by atoms with Crippen molar-refractivity contribution in [3.63, 3.8) is 0 Å². The second-order valence-corrected chi connectivity index (χ2v) is 2.94. The van der Waals surface area contributed by atoms with Crippen molar-refractivity contribution in [2.24, 2.45) is 4.99 Å². The first-order valence-corrected chi connectivity index (χ1v) is 4.21. The van der Waals surface area contributed by atoms with Gasteiger partial charge in [-0.15, -0.1) is 0 Å². The van der Waals surface area contributed by atoms with Crippen molar-refractivity contribution < 1.29 is 19.8 Å². The number of phenolic OH excluding ortho intramolecular Hbond substituents is 1. The van der Waals surface area contributed by atoms with Crippen molar-refractivity contribution in [2.75, 3.05) is 0 Å². The van der Waals surface area contributed by atoms with Crippen LogP contribution in [-0.2, 0) is 16.0 Å². The third kappa shape index (κ3) is 3.25. The molecule has 15 heavy (non-hydrogen) atoms. The Labute approximate surface area is 85.7 Å². The normalized spacial score (nSPS) is 11.5. The molecule has 5 heteroatoms. The van der Waals surface area contributed by atoms with Crippen LogP contribution in [0.15, 0.2) is 29.3 Å². The lowest BCUT2D eigenvalue weighted by atomic mass is 10.1. The van der Waals surface area contributed by atoms with Gasteiger partial charge in [-0.25, -0.2) is 9.59 Å². The first-order valence-electron chi connectivity index (χ1n) is 4.21. The van der Waals surface area contributed by atoms with Gasteiger partial charge in [0.15, 0.2) is 6.04 Å². The fourth-order valence-electron chi connectivity index (χ4n) is 1.11. The SMILES string of the molecule is O=C=NC(Cc1ccc(O)cc1)C(=O)O. The van der Waals surface area contributed by atoms with Crippen molar-refractivity contribution in [1.82, 2.24) is 0 Å². The van der Waals surface area contributed by atoms with Gasteiger partial charge in [-0.3, -0.25) is 0 Å². The molecule has 0 aliphatic rings. The molecule has 0 aromatic heterocycles.